The number of hydrogen-bond donors (Lipinski definition) is 0. The van der Waals surface area contributed by atoms with Gasteiger partial charge in [-0.3, -0.25) is 14.8 Å². The van der Waals surface area contributed by atoms with E-state index in [-0.39, 0.29) is 0 Å². The molecule has 0 aliphatic carbocycles. The van der Waals surface area contributed by atoms with Crippen molar-refractivity contribution >= 4 is 5.71 Å². The highest BCUT2D eigenvalue weighted by Crippen LogP contribution is 2.25. The number of aryl methyl sites for hydroxylation is 1. The van der Waals surface area contributed by atoms with Crippen LogP contribution in [0.15, 0.2) is 65.0 Å². The van der Waals surface area contributed by atoms with E-state index >= 15 is 0 Å². The maximum Gasteiger partial charge on any atom is 0.0643 e. The summed E-state index contributed by atoms with van der Waals surface area (Å²) in [6.45, 7) is 27.9. The summed E-state index contributed by atoms with van der Waals surface area (Å²) in [4.78, 5) is 12.7. The summed E-state index contributed by atoms with van der Waals surface area (Å²) in [5, 5.41) is 0. The summed E-state index contributed by atoms with van der Waals surface area (Å²) >= 11 is 0. The van der Waals surface area contributed by atoms with Crippen LogP contribution in [0.1, 0.15) is 58.6 Å². The normalized spacial score (nSPS) is 21.2. The van der Waals surface area contributed by atoms with E-state index in [1.54, 1.807) is 0 Å². The van der Waals surface area contributed by atoms with Gasteiger partial charge in [0.2, 0.25) is 0 Å². The topological polar surface area (TPSA) is 22.1 Å². The molecule has 4 nitrogen and oxygen atoms in total. The number of hydrogen-bond acceptors (Lipinski definition) is 4. The first kappa shape index (κ1) is 25.5. The van der Waals surface area contributed by atoms with Crippen LogP contribution in [0.3, 0.4) is 0 Å². The Kier molecular flexibility index (Phi) is 8.72. The lowest BCUT2D eigenvalue weighted by atomic mass is 9.99. The van der Waals surface area contributed by atoms with Crippen LogP contribution >= 0.6 is 0 Å². The molecule has 2 fully saturated rings. The fourth-order valence-corrected chi connectivity index (χ4v) is 5.22. The van der Waals surface area contributed by atoms with E-state index in [9.17, 15) is 0 Å². The number of allylic oxidation sites excluding steroid dienone is 3. The average Bonchev–Trinajstić information content (AvgIpc) is 2.78. The Morgan fingerprint density at radius 2 is 1.61 bits per heavy atom. The number of nitrogens with zero attached hydrogens (tertiary/aromatic N) is 4. The van der Waals surface area contributed by atoms with Crippen LogP contribution in [0.2, 0.25) is 0 Å². The molecular formula is C29H44N4. The Hall–Kier alpha value is -2.17. The second kappa shape index (κ2) is 11.3. The van der Waals surface area contributed by atoms with Gasteiger partial charge in [0.15, 0.2) is 0 Å². The molecule has 0 spiro atoms. The highest BCUT2D eigenvalue weighted by Gasteiger charge is 2.32. The number of piperidine rings is 1. The Labute approximate surface area is 202 Å². The molecule has 0 amide bonds. The minimum Gasteiger partial charge on any atom is -0.368 e. The number of piperazine rings is 1. The Morgan fingerprint density at radius 1 is 0.970 bits per heavy atom. The summed E-state index contributed by atoms with van der Waals surface area (Å²) in [5.74, 6) is 0. The summed E-state index contributed by atoms with van der Waals surface area (Å²) in [7, 11) is 0. The lowest BCUT2D eigenvalue weighted by Crippen LogP contribution is -2.57. The lowest BCUT2D eigenvalue weighted by Gasteiger charge is -2.47. The van der Waals surface area contributed by atoms with E-state index in [1.165, 1.54) is 42.6 Å². The standard InChI is InChI=1S/C29H44N4/c1-21(2)29(22(3)4)30-25(7)26(8)32-17-18-33(24(6)19-32)28-13-15-31(16-14-28)20-27-11-9-23(5)10-12-27/h9-12,24,28H,1,8,13-20H2,2-7H3. The molecule has 1 aromatic carbocycles. The molecule has 0 saturated carbocycles. The van der Waals surface area contributed by atoms with Gasteiger partial charge < -0.3 is 4.90 Å². The summed E-state index contributed by atoms with van der Waals surface area (Å²) < 4.78 is 0. The van der Waals surface area contributed by atoms with Crippen LogP contribution in [0.4, 0.5) is 0 Å². The highest BCUT2D eigenvalue weighted by atomic mass is 15.3. The summed E-state index contributed by atoms with van der Waals surface area (Å²) in [6, 6.07) is 10.2. The SMILES string of the molecule is C=C(C)C(N=C(C)C(=C)N1CCN(C2CCN(Cc3ccc(C)cc3)CC2)C(C)C1)=C(C)C. The quantitative estimate of drug-likeness (QED) is 0.388. The van der Waals surface area contributed by atoms with E-state index in [1.807, 2.05) is 6.92 Å². The van der Waals surface area contributed by atoms with Crippen molar-refractivity contribution < 1.29 is 0 Å². The van der Waals surface area contributed by atoms with E-state index in [2.05, 4.69) is 86.7 Å². The molecule has 33 heavy (non-hydrogen) atoms. The van der Waals surface area contributed by atoms with Gasteiger partial charge in [0.1, 0.15) is 0 Å². The monoisotopic (exact) mass is 448 g/mol. The molecule has 0 aromatic heterocycles. The molecule has 1 atom stereocenters. The first-order chi connectivity index (χ1) is 15.7. The maximum atomic E-state index is 4.87. The Bertz CT molecular complexity index is 896. The molecule has 3 rings (SSSR count). The molecule has 2 aliphatic rings. The van der Waals surface area contributed by atoms with Crippen LogP contribution in [0.25, 0.3) is 0 Å². The molecule has 0 bridgehead atoms. The molecular weight excluding hydrogens is 404 g/mol. The average molecular weight is 449 g/mol. The molecule has 1 aromatic rings. The molecule has 4 heteroatoms. The Morgan fingerprint density at radius 3 is 2.15 bits per heavy atom. The van der Waals surface area contributed by atoms with Crippen molar-refractivity contribution in [1.29, 1.82) is 0 Å². The predicted molar refractivity (Wildman–Crippen MR) is 143 cm³/mol. The number of aliphatic imine (C=N–C) groups is 1. The zero-order chi connectivity index (χ0) is 24.1. The number of benzene rings is 1. The second-order valence-corrected chi connectivity index (χ2v) is 10.3. The fraction of sp³-hybridized carbons (Fsp3) is 0.552. The van der Waals surface area contributed by atoms with Crippen molar-refractivity contribution in [3.05, 3.63) is 71.1 Å². The first-order valence-electron chi connectivity index (χ1n) is 12.5. The highest BCUT2D eigenvalue weighted by molar-refractivity contribution is 5.98. The van der Waals surface area contributed by atoms with Crippen molar-refractivity contribution in [2.75, 3.05) is 32.7 Å². The van der Waals surface area contributed by atoms with Gasteiger partial charge in [-0.1, -0.05) is 48.6 Å². The smallest absolute Gasteiger partial charge is 0.0643 e. The van der Waals surface area contributed by atoms with Crippen LogP contribution in [-0.2, 0) is 6.54 Å². The number of likely N-dealkylation sites (tertiary alicyclic amines) is 1. The molecule has 0 radical (unpaired) electrons. The van der Waals surface area contributed by atoms with Gasteiger partial charge in [0.25, 0.3) is 0 Å². The van der Waals surface area contributed by atoms with E-state index in [4.69, 9.17) is 4.99 Å². The summed E-state index contributed by atoms with van der Waals surface area (Å²) in [5.41, 5.74) is 8.02. The minimum atomic E-state index is 0.529. The molecule has 0 N–H and O–H groups in total. The predicted octanol–water partition coefficient (Wildman–Crippen LogP) is 5.81. The van der Waals surface area contributed by atoms with Gasteiger partial charge in [-0.25, -0.2) is 0 Å². The van der Waals surface area contributed by atoms with Crippen molar-refractivity contribution in [2.45, 2.75) is 73.0 Å². The Balaban J connectivity index is 1.52. The second-order valence-electron chi connectivity index (χ2n) is 10.3. The van der Waals surface area contributed by atoms with E-state index in [0.717, 1.165) is 48.9 Å². The van der Waals surface area contributed by atoms with Crippen molar-refractivity contribution in [3.63, 3.8) is 0 Å². The molecule has 2 heterocycles. The van der Waals surface area contributed by atoms with Crippen LogP contribution in [-0.4, -0.2) is 65.2 Å². The minimum absolute atomic E-state index is 0.529. The maximum absolute atomic E-state index is 4.87. The van der Waals surface area contributed by atoms with Crippen molar-refractivity contribution in [2.24, 2.45) is 4.99 Å². The van der Waals surface area contributed by atoms with Gasteiger partial charge in [0.05, 0.1) is 17.1 Å². The van der Waals surface area contributed by atoms with Gasteiger partial charge in [-0.2, -0.15) is 0 Å². The molecule has 1 unspecified atom stereocenters. The third-order valence-electron chi connectivity index (χ3n) is 7.19. The van der Waals surface area contributed by atoms with Crippen molar-refractivity contribution in [1.82, 2.24) is 14.7 Å². The van der Waals surface area contributed by atoms with Gasteiger partial charge in [0, 0.05) is 38.3 Å². The van der Waals surface area contributed by atoms with Gasteiger partial charge >= 0.3 is 0 Å². The van der Waals surface area contributed by atoms with Crippen LogP contribution in [0.5, 0.6) is 0 Å². The van der Waals surface area contributed by atoms with Gasteiger partial charge in [-0.15, -0.1) is 0 Å². The number of rotatable bonds is 7. The molecule has 180 valence electrons. The summed E-state index contributed by atoms with van der Waals surface area (Å²) in [6.07, 6.45) is 2.53. The largest absolute Gasteiger partial charge is 0.368 e. The third-order valence-corrected chi connectivity index (χ3v) is 7.19. The van der Waals surface area contributed by atoms with Crippen molar-refractivity contribution in [3.8, 4) is 0 Å². The van der Waals surface area contributed by atoms with Crippen LogP contribution < -0.4 is 0 Å². The molecule has 2 aliphatic heterocycles. The lowest BCUT2D eigenvalue weighted by molar-refractivity contribution is 0.0330. The fourth-order valence-electron chi connectivity index (χ4n) is 5.22. The van der Waals surface area contributed by atoms with Gasteiger partial charge in [-0.05, 0) is 78.6 Å². The third kappa shape index (κ3) is 6.68. The molecule has 2 saturated heterocycles. The van der Waals surface area contributed by atoms with E-state index in [0.29, 0.717) is 12.1 Å². The zero-order valence-electron chi connectivity index (χ0n) is 21.8. The van der Waals surface area contributed by atoms with E-state index < -0.39 is 0 Å². The first-order valence-corrected chi connectivity index (χ1v) is 12.5. The van der Waals surface area contributed by atoms with Crippen LogP contribution in [0, 0.1) is 6.92 Å². The zero-order valence-corrected chi connectivity index (χ0v) is 21.8.